The third-order valence-electron chi connectivity index (χ3n) is 8.45. The first kappa shape index (κ1) is 20.0. The SMILES string of the molecule is C[C@@]12CCCC1C1C(=C(F)F)CC3C=C(NOCCN)CC(=O)[C@]3(C)C1CC2. The van der Waals surface area contributed by atoms with E-state index in [9.17, 15) is 13.6 Å². The number of hydroxylamine groups is 1. The predicted molar refractivity (Wildman–Crippen MR) is 103 cm³/mol. The predicted octanol–water partition coefficient (Wildman–Crippen LogP) is 4.33. The van der Waals surface area contributed by atoms with Crippen LogP contribution in [0.15, 0.2) is 23.4 Å². The number of nitrogens with two attached hydrogens (primary N) is 1. The molecule has 0 radical (unpaired) electrons. The molecule has 6 heteroatoms. The number of carbonyl (C=O) groups is 1. The summed E-state index contributed by atoms with van der Waals surface area (Å²) in [5.74, 6) is 0.0988. The van der Waals surface area contributed by atoms with Gasteiger partial charge in [0.25, 0.3) is 6.08 Å². The van der Waals surface area contributed by atoms with Crippen LogP contribution < -0.4 is 11.2 Å². The van der Waals surface area contributed by atoms with Crippen LogP contribution in [0.2, 0.25) is 0 Å². The second-order valence-corrected chi connectivity index (χ2v) is 9.73. The molecule has 4 unspecified atom stereocenters. The normalized spacial score (nSPS) is 42.4. The van der Waals surface area contributed by atoms with E-state index in [1.54, 1.807) is 0 Å². The monoisotopic (exact) mass is 394 g/mol. The Hall–Kier alpha value is -1.27. The van der Waals surface area contributed by atoms with Gasteiger partial charge in [0.05, 0.1) is 6.61 Å². The van der Waals surface area contributed by atoms with Crippen molar-refractivity contribution >= 4 is 5.78 Å². The number of ketones is 1. The second kappa shape index (κ2) is 7.21. The van der Waals surface area contributed by atoms with Crippen LogP contribution in [0.5, 0.6) is 0 Å². The summed E-state index contributed by atoms with van der Waals surface area (Å²) in [7, 11) is 0. The van der Waals surface area contributed by atoms with Gasteiger partial charge in [0.1, 0.15) is 5.78 Å². The van der Waals surface area contributed by atoms with E-state index in [0.29, 0.717) is 24.4 Å². The van der Waals surface area contributed by atoms with E-state index in [1.807, 2.05) is 13.0 Å². The molecule has 3 N–H and O–H groups in total. The van der Waals surface area contributed by atoms with Gasteiger partial charge < -0.3 is 5.73 Å². The van der Waals surface area contributed by atoms with Crippen LogP contribution in [0.1, 0.15) is 58.8 Å². The van der Waals surface area contributed by atoms with Gasteiger partial charge in [-0.3, -0.25) is 15.1 Å². The highest BCUT2D eigenvalue weighted by Crippen LogP contribution is 2.66. The lowest BCUT2D eigenvalue weighted by Crippen LogP contribution is -2.56. The number of allylic oxidation sites excluding steroid dienone is 3. The third kappa shape index (κ3) is 2.95. The van der Waals surface area contributed by atoms with E-state index in [0.717, 1.165) is 32.1 Å². The molecule has 4 nitrogen and oxygen atoms in total. The van der Waals surface area contributed by atoms with E-state index in [-0.39, 0.29) is 47.7 Å². The summed E-state index contributed by atoms with van der Waals surface area (Å²) < 4.78 is 28.2. The van der Waals surface area contributed by atoms with Gasteiger partial charge in [-0.15, -0.1) is 0 Å². The first-order valence-corrected chi connectivity index (χ1v) is 10.7. The molecule has 6 atom stereocenters. The quantitative estimate of drug-likeness (QED) is 0.550. The zero-order chi connectivity index (χ0) is 20.1. The zero-order valence-corrected chi connectivity index (χ0v) is 16.9. The van der Waals surface area contributed by atoms with Crippen molar-refractivity contribution in [1.82, 2.24) is 5.48 Å². The summed E-state index contributed by atoms with van der Waals surface area (Å²) in [6.45, 7) is 5.03. The Morgan fingerprint density at radius 2 is 2.07 bits per heavy atom. The second-order valence-electron chi connectivity index (χ2n) is 9.73. The van der Waals surface area contributed by atoms with Crippen LogP contribution in [0.3, 0.4) is 0 Å². The van der Waals surface area contributed by atoms with Gasteiger partial charge in [0.15, 0.2) is 0 Å². The lowest BCUT2D eigenvalue weighted by atomic mass is 9.45. The van der Waals surface area contributed by atoms with E-state index in [4.69, 9.17) is 10.6 Å². The number of Topliss-reactive ketones (excluding diaryl/α,β-unsaturated/α-hetero) is 1. The molecule has 28 heavy (non-hydrogen) atoms. The van der Waals surface area contributed by atoms with Crippen molar-refractivity contribution in [1.29, 1.82) is 0 Å². The first-order valence-electron chi connectivity index (χ1n) is 10.7. The summed E-state index contributed by atoms with van der Waals surface area (Å²) in [4.78, 5) is 18.6. The van der Waals surface area contributed by atoms with E-state index < -0.39 is 11.5 Å². The molecular weight excluding hydrogens is 362 g/mol. The Kier molecular flexibility index (Phi) is 5.15. The molecule has 0 aromatic heterocycles. The molecule has 0 saturated heterocycles. The standard InChI is InChI=1S/C22H32F2N2O2/c1-21-6-3-4-16(21)19-15(20(23)24)11-13-10-14(26-28-9-8-25)12-18(27)22(13,2)17(19)5-7-21/h10,13,16-17,19,26H,3-9,11-12,25H2,1-2H3/t13?,16?,17?,19?,21-,22-/m0/s1. The van der Waals surface area contributed by atoms with Gasteiger partial charge >= 0.3 is 0 Å². The molecule has 0 heterocycles. The topological polar surface area (TPSA) is 64.3 Å². The van der Waals surface area contributed by atoms with Crippen molar-refractivity contribution in [2.45, 2.75) is 58.8 Å². The Morgan fingerprint density at radius 3 is 2.79 bits per heavy atom. The summed E-state index contributed by atoms with van der Waals surface area (Å²) >= 11 is 0. The van der Waals surface area contributed by atoms with Crippen molar-refractivity contribution in [3.63, 3.8) is 0 Å². The van der Waals surface area contributed by atoms with Crippen LogP contribution in [-0.4, -0.2) is 18.9 Å². The fraction of sp³-hybridized carbons (Fsp3) is 0.773. The molecule has 3 fully saturated rings. The molecule has 0 amide bonds. The third-order valence-corrected chi connectivity index (χ3v) is 8.45. The Balaban J connectivity index is 1.70. The van der Waals surface area contributed by atoms with Gasteiger partial charge in [-0.05, 0) is 66.8 Å². The highest BCUT2D eigenvalue weighted by Gasteiger charge is 2.61. The molecule has 156 valence electrons. The van der Waals surface area contributed by atoms with Crippen molar-refractivity contribution in [3.8, 4) is 0 Å². The Labute approximate surface area is 165 Å². The number of hydrogen-bond acceptors (Lipinski definition) is 4. The number of fused-ring (bicyclic) bond motifs is 5. The van der Waals surface area contributed by atoms with Gasteiger partial charge in [-0.2, -0.15) is 8.78 Å². The average molecular weight is 395 g/mol. The number of hydrogen-bond donors (Lipinski definition) is 2. The van der Waals surface area contributed by atoms with E-state index in [1.165, 1.54) is 0 Å². The van der Waals surface area contributed by atoms with Gasteiger partial charge in [0.2, 0.25) is 0 Å². The van der Waals surface area contributed by atoms with Crippen molar-refractivity contribution in [3.05, 3.63) is 23.4 Å². The molecule has 0 aromatic carbocycles. The Morgan fingerprint density at radius 1 is 1.29 bits per heavy atom. The number of halogens is 2. The number of rotatable bonds is 4. The molecule has 4 aliphatic carbocycles. The van der Waals surface area contributed by atoms with Crippen molar-refractivity contribution < 1.29 is 18.4 Å². The number of nitrogens with one attached hydrogen (secondary N) is 1. The fourth-order valence-electron chi connectivity index (χ4n) is 6.93. The molecule has 3 saturated carbocycles. The highest BCUT2D eigenvalue weighted by molar-refractivity contribution is 5.89. The summed E-state index contributed by atoms with van der Waals surface area (Å²) in [5.41, 5.74) is 8.84. The fourth-order valence-corrected chi connectivity index (χ4v) is 6.93. The minimum absolute atomic E-state index is 0.00850. The summed E-state index contributed by atoms with van der Waals surface area (Å²) in [5, 5.41) is 0. The summed E-state index contributed by atoms with van der Waals surface area (Å²) in [6, 6.07) is 0. The Bertz CT molecular complexity index is 717. The van der Waals surface area contributed by atoms with Crippen LogP contribution >= 0.6 is 0 Å². The molecule has 0 aliphatic heterocycles. The molecule has 4 aliphatic rings. The lowest BCUT2D eigenvalue weighted by Gasteiger charge is -2.58. The first-order chi connectivity index (χ1) is 13.3. The van der Waals surface area contributed by atoms with Crippen molar-refractivity contribution in [2.75, 3.05) is 13.2 Å². The summed E-state index contributed by atoms with van der Waals surface area (Å²) in [6.07, 6.45) is 6.18. The average Bonchev–Trinajstić information content (AvgIpc) is 3.04. The van der Waals surface area contributed by atoms with Crippen LogP contribution in [0.4, 0.5) is 8.78 Å². The molecule has 0 aromatic rings. The van der Waals surface area contributed by atoms with Crippen LogP contribution in [-0.2, 0) is 9.63 Å². The maximum Gasteiger partial charge on any atom is 0.269 e. The smallest absolute Gasteiger partial charge is 0.269 e. The van der Waals surface area contributed by atoms with Gasteiger partial charge in [-0.1, -0.05) is 26.3 Å². The minimum Gasteiger partial charge on any atom is -0.328 e. The highest BCUT2D eigenvalue weighted by atomic mass is 19.3. The lowest BCUT2D eigenvalue weighted by molar-refractivity contribution is -0.143. The van der Waals surface area contributed by atoms with Crippen LogP contribution in [0.25, 0.3) is 0 Å². The zero-order valence-electron chi connectivity index (χ0n) is 16.9. The van der Waals surface area contributed by atoms with Crippen molar-refractivity contribution in [2.24, 2.45) is 40.2 Å². The largest absolute Gasteiger partial charge is 0.328 e. The van der Waals surface area contributed by atoms with E-state index in [2.05, 4.69) is 12.4 Å². The molecule has 0 bridgehead atoms. The number of carbonyl (C=O) groups excluding carboxylic acids is 1. The minimum atomic E-state index is -1.52. The molecule has 4 rings (SSSR count). The van der Waals surface area contributed by atoms with Crippen LogP contribution in [0, 0.1) is 34.5 Å². The molecular formula is C22H32F2N2O2. The van der Waals surface area contributed by atoms with Gasteiger partial charge in [0, 0.05) is 24.1 Å². The maximum absolute atomic E-state index is 14.1. The maximum atomic E-state index is 14.1. The van der Waals surface area contributed by atoms with Gasteiger partial charge in [-0.25, -0.2) is 0 Å². The van der Waals surface area contributed by atoms with E-state index >= 15 is 0 Å². The molecule has 0 spiro atoms.